The van der Waals surface area contributed by atoms with E-state index in [2.05, 4.69) is 11.4 Å². The Morgan fingerprint density at radius 2 is 1.92 bits per heavy atom. The van der Waals surface area contributed by atoms with Gasteiger partial charge < -0.3 is 19.5 Å². The van der Waals surface area contributed by atoms with Crippen LogP contribution < -0.4 is 14.8 Å². The summed E-state index contributed by atoms with van der Waals surface area (Å²) in [4.78, 5) is 12.3. The molecular formula is C19H29NO4. The smallest absolute Gasteiger partial charge is 0.220 e. The summed E-state index contributed by atoms with van der Waals surface area (Å²) in [7, 11) is 4.97. The zero-order valence-electron chi connectivity index (χ0n) is 15.0. The summed E-state index contributed by atoms with van der Waals surface area (Å²) < 4.78 is 15.7. The molecule has 1 atom stereocenters. The fourth-order valence-electron chi connectivity index (χ4n) is 3.01. The van der Waals surface area contributed by atoms with E-state index in [0.717, 1.165) is 36.5 Å². The number of unbranched alkanes of at least 4 members (excludes halogenated alkanes) is 1. The van der Waals surface area contributed by atoms with Crippen LogP contribution in [0.3, 0.4) is 0 Å². The Morgan fingerprint density at radius 1 is 1.17 bits per heavy atom. The molecule has 1 saturated carbocycles. The van der Waals surface area contributed by atoms with Gasteiger partial charge in [-0.25, -0.2) is 0 Å². The number of carbonyl (C=O) groups is 1. The van der Waals surface area contributed by atoms with Crippen molar-refractivity contribution in [2.24, 2.45) is 5.92 Å². The van der Waals surface area contributed by atoms with Gasteiger partial charge in [0.2, 0.25) is 5.91 Å². The molecule has 1 amide bonds. The van der Waals surface area contributed by atoms with Crippen LogP contribution in [-0.4, -0.2) is 40.4 Å². The van der Waals surface area contributed by atoms with E-state index in [1.165, 1.54) is 12.8 Å². The number of methoxy groups -OCH3 is 3. The van der Waals surface area contributed by atoms with Gasteiger partial charge >= 0.3 is 0 Å². The Balaban J connectivity index is 1.93. The lowest BCUT2D eigenvalue weighted by Gasteiger charge is -2.18. The number of amides is 1. The van der Waals surface area contributed by atoms with Crippen molar-refractivity contribution in [1.82, 2.24) is 5.32 Å². The minimum absolute atomic E-state index is 0.124. The highest BCUT2D eigenvalue weighted by Gasteiger charge is 2.34. The second kappa shape index (κ2) is 9.52. The summed E-state index contributed by atoms with van der Waals surface area (Å²) in [5, 5.41) is 3.03. The average Bonchev–Trinajstić information content (AvgIpc) is 3.43. The molecule has 134 valence electrons. The molecular weight excluding hydrogens is 306 g/mol. The van der Waals surface area contributed by atoms with Crippen molar-refractivity contribution in [2.45, 2.75) is 38.0 Å². The maximum absolute atomic E-state index is 12.3. The molecule has 1 N–H and O–H groups in total. The Bertz CT molecular complexity index is 528. The van der Waals surface area contributed by atoms with Crippen molar-refractivity contribution in [3.8, 4) is 11.5 Å². The molecule has 5 heteroatoms. The first kappa shape index (κ1) is 18.6. The Kier molecular flexibility index (Phi) is 7.37. The van der Waals surface area contributed by atoms with E-state index in [4.69, 9.17) is 14.2 Å². The van der Waals surface area contributed by atoms with Gasteiger partial charge in [0.25, 0.3) is 0 Å². The lowest BCUT2D eigenvalue weighted by molar-refractivity contribution is -0.121. The topological polar surface area (TPSA) is 56.8 Å². The number of hydrogen-bond acceptors (Lipinski definition) is 4. The van der Waals surface area contributed by atoms with Crippen LogP contribution in [0.25, 0.3) is 0 Å². The van der Waals surface area contributed by atoms with Crippen LogP contribution in [0.2, 0.25) is 0 Å². The Morgan fingerprint density at radius 3 is 2.54 bits per heavy atom. The van der Waals surface area contributed by atoms with Gasteiger partial charge in [-0.05, 0) is 55.2 Å². The molecule has 0 heterocycles. The SMILES string of the molecule is COCCCCNC(=O)CC(c1ccc(OC)c(OC)c1)C1CC1. The second-order valence-corrected chi connectivity index (χ2v) is 6.31. The zero-order valence-corrected chi connectivity index (χ0v) is 15.0. The molecule has 0 spiro atoms. The van der Waals surface area contributed by atoms with E-state index >= 15 is 0 Å². The van der Waals surface area contributed by atoms with Crippen LogP contribution >= 0.6 is 0 Å². The highest BCUT2D eigenvalue weighted by atomic mass is 16.5. The summed E-state index contributed by atoms with van der Waals surface area (Å²) in [5.41, 5.74) is 1.16. The standard InChI is InChI=1S/C19H29NO4/c1-22-11-5-4-10-20-19(21)13-16(14-6-7-14)15-8-9-17(23-2)18(12-15)24-3/h8-9,12,14,16H,4-7,10-11,13H2,1-3H3,(H,20,21). The van der Waals surface area contributed by atoms with Gasteiger partial charge in [0.05, 0.1) is 14.2 Å². The van der Waals surface area contributed by atoms with Crippen molar-refractivity contribution >= 4 is 5.91 Å². The third-order valence-electron chi connectivity index (χ3n) is 4.53. The van der Waals surface area contributed by atoms with Crippen LogP contribution in [0.4, 0.5) is 0 Å². The molecule has 0 saturated heterocycles. The molecule has 24 heavy (non-hydrogen) atoms. The van der Waals surface area contributed by atoms with Crippen molar-refractivity contribution in [1.29, 1.82) is 0 Å². The predicted molar refractivity (Wildman–Crippen MR) is 93.7 cm³/mol. The van der Waals surface area contributed by atoms with Crippen molar-refractivity contribution in [3.63, 3.8) is 0 Å². The fraction of sp³-hybridized carbons (Fsp3) is 0.632. The molecule has 2 rings (SSSR count). The van der Waals surface area contributed by atoms with E-state index in [1.807, 2.05) is 12.1 Å². The maximum Gasteiger partial charge on any atom is 0.220 e. The van der Waals surface area contributed by atoms with E-state index in [0.29, 0.717) is 18.9 Å². The summed E-state index contributed by atoms with van der Waals surface area (Å²) in [6.45, 7) is 1.46. The van der Waals surface area contributed by atoms with Crippen LogP contribution in [-0.2, 0) is 9.53 Å². The van der Waals surface area contributed by atoms with Crippen molar-refractivity contribution in [2.75, 3.05) is 34.5 Å². The number of ether oxygens (including phenoxy) is 3. The van der Waals surface area contributed by atoms with E-state index in [9.17, 15) is 4.79 Å². The van der Waals surface area contributed by atoms with Crippen molar-refractivity contribution in [3.05, 3.63) is 23.8 Å². The van der Waals surface area contributed by atoms with Gasteiger partial charge in [-0.15, -0.1) is 0 Å². The van der Waals surface area contributed by atoms with Crippen LogP contribution in [0.15, 0.2) is 18.2 Å². The Labute approximate surface area is 144 Å². The molecule has 1 aliphatic carbocycles. The number of hydrogen-bond donors (Lipinski definition) is 1. The summed E-state index contributed by atoms with van der Waals surface area (Å²) in [6, 6.07) is 5.98. The van der Waals surface area contributed by atoms with Gasteiger partial charge in [0, 0.05) is 26.7 Å². The van der Waals surface area contributed by atoms with Gasteiger partial charge in [0.15, 0.2) is 11.5 Å². The zero-order chi connectivity index (χ0) is 17.4. The van der Waals surface area contributed by atoms with Gasteiger partial charge in [-0.3, -0.25) is 4.79 Å². The number of benzene rings is 1. The Hall–Kier alpha value is -1.75. The summed E-state index contributed by atoms with van der Waals surface area (Å²) in [5.74, 6) is 2.42. The van der Waals surface area contributed by atoms with E-state index < -0.39 is 0 Å². The first-order chi connectivity index (χ1) is 11.7. The molecule has 1 aliphatic rings. The molecule has 0 aliphatic heterocycles. The summed E-state index contributed by atoms with van der Waals surface area (Å²) in [6.07, 6.45) is 4.84. The molecule has 0 bridgehead atoms. The van der Waals surface area contributed by atoms with Gasteiger partial charge in [-0.1, -0.05) is 6.07 Å². The third kappa shape index (κ3) is 5.41. The third-order valence-corrected chi connectivity index (χ3v) is 4.53. The van der Waals surface area contributed by atoms with Gasteiger partial charge in [0.1, 0.15) is 0 Å². The lowest BCUT2D eigenvalue weighted by atomic mass is 9.90. The monoisotopic (exact) mass is 335 g/mol. The molecule has 1 fully saturated rings. The minimum Gasteiger partial charge on any atom is -0.493 e. The highest BCUT2D eigenvalue weighted by molar-refractivity contribution is 5.77. The minimum atomic E-state index is 0.124. The molecule has 1 aromatic carbocycles. The average molecular weight is 335 g/mol. The largest absolute Gasteiger partial charge is 0.493 e. The van der Waals surface area contributed by atoms with Gasteiger partial charge in [-0.2, -0.15) is 0 Å². The first-order valence-electron chi connectivity index (χ1n) is 8.67. The summed E-state index contributed by atoms with van der Waals surface area (Å²) >= 11 is 0. The van der Waals surface area contributed by atoms with E-state index in [-0.39, 0.29) is 11.8 Å². The second-order valence-electron chi connectivity index (χ2n) is 6.31. The van der Waals surface area contributed by atoms with Crippen LogP contribution in [0.5, 0.6) is 11.5 Å². The quantitative estimate of drug-likeness (QED) is 0.631. The van der Waals surface area contributed by atoms with E-state index in [1.54, 1.807) is 21.3 Å². The maximum atomic E-state index is 12.3. The molecule has 0 radical (unpaired) electrons. The lowest BCUT2D eigenvalue weighted by Crippen LogP contribution is -2.26. The number of rotatable bonds is 11. The van der Waals surface area contributed by atoms with Crippen molar-refractivity contribution < 1.29 is 19.0 Å². The fourth-order valence-corrected chi connectivity index (χ4v) is 3.01. The molecule has 5 nitrogen and oxygen atoms in total. The molecule has 1 aromatic rings. The number of carbonyl (C=O) groups excluding carboxylic acids is 1. The normalized spacial score (nSPS) is 15.0. The van der Waals surface area contributed by atoms with Crippen LogP contribution in [0, 0.1) is 5.92 Å². The first-order valence-corrected chi connectivity index (χ1v) is 8.67. The number of nitrogens with one attached hydrogen (secondary N) is 1. The predicted octanol–water partition coefficient (Wildman–Crippen LogP) is 3.13. The van der Waals surface area contributed by atoms with Crippen LogP contribution in [0.1, 0.15) is 43.6 Å². The molecule has 0 aromatic heterocycles. The highest BCUT2D eigenvalue weighted by Crippen LogP contribution is 2.46. The molecule has 1 unspecified atom stereocenters.